The van der Waals surface area contributed by atoms with E-state index in [1.165, 1.54) is 35.1 Å². The van der Waals surface area contributed by atoms with E-state index in [9.17, 15) is 13.2 Å². The number of anilines is 1. The number of aryl methyl sites for hydroxylation is 2. The maximum absolute atomic E-state index is 13.7. The maximum atomic E-state index is 13.7. The van der Waals surface area contributed by atoms with E-state index in [0.717, 1.165) is 43.6 Å². The SMILES string of the molecule is CCN(CC)CCN(C(=O)c1ccc2c(c1)CCCC2)c1nc2ccc(S(C)(=O)=O)cc2s1.Cl. The quantitative estimate of drug-likeness (QED) is 0.417. The number of rotatable bonds is 8. The molecule has 0 spiro atoms. The zero-order valence-electron chi connectivity index (χ0n) is 19.9. The highest BCUT2D eigenvalue weighted by molar-refractivity contribution is 7.90. The predicted molar refractivity (Wildman–Crippen MR) is 143 cm³/mol. The first-order chi connectivity index (χ1) is 15.8. The molecule has 0 saturated carbocycles. The highest BCUT2D eigenvalue weighted by Gasteiger charge is 2.23. The normalized spacial score (nSPS) is 13.5. The number of aromatic nitrogens is 1. The molecule has 0 radical (unpaired) electrons. The molecule has 1 heterocycles. The molecule has 4 rings (SSSR count). The Bertz CT molecular complexity index is 1270. The molecule has 0 saturated heterocycles. The van der Waals surface area contributed by atoms with Crippen LogP contribution in [0.2, 0.25) is 0 Å². The van der Waals surface area contributed by atoms with Crippen LogP contribution in [0.5, 0.6) is 0 Å². The Hall–Kier alpha value is -2.00. The summed E-state index contributed by atoms with van der Waals surface area (Å²) in [7, 11) is -3.31. The summed E-state index contributed by atoms with van der Waals surface area (Å²) >= 11 is 1.37. The Kier molecular flexibility index (Phi) is 8.73. The lowest BCUT2D eigenvalue weighted by molar-refractivity contribution is 0.0983. The van der Waals surface area contributed by atoms with Crippen molar-refractivity contribution in [3.63, 3.8) is 0 Å². The van der Waals surface area contributed by atoms with Crippen LogP contribution in [0.25, 0.3) is 10.2 Å². The van der Waals surface area contributed by atoms with E-state index in [-0.39, 0.29) is 23.2 Å². The summed E-state index contributed by atoms with van der Waals surface area (Å²) in [4.78, 5) is 22.7. The Balaban J connectivity index is 0.00000324. The van der Waals surface area contributed by atoms with Crippen molar-refractivity contribution in [2.75, 3.05) is 37.3 Å². The number of amides is 1. The van der Waals surface area contributed by atoms with Gasteiger partial charge in [-0.3, -0.25) is 9.69 Å². The van der Waals surface area contributed by atoms with Gasteiger partial charge in [0.25, 0.3) is 5.91 Å². The van der Waals surface area contributed by atoms with Gasteiger partial charge in [-0.2, -0.15) is 0 Å². The molecule has 0 N–H and O–H groups in total. The number of nitrogens with zero attached hydrogens (tertiary/aromatic N) is 3. The van der Waals surface area contributed by atoms with Crippen LogP contribution in [-0.2, 0) is 22.7 Å². The van der Waals surface area contributed by atoms with Crippen molar-refractivity contribution in [1.82, 2.24) is 9.88 Å². The van der Waals surface area contributed by atoms with E-state index in [2.05, 4.69) is 30.9 Å². The summed E-state index contributed by atoms with van der Waals surface area (Å²) in [5.74, 6) is -0.0575. The molecule has 2 aromatic carbocycles. The van der Waals surface area contributed by atoms with Gasteiger partial charge in [0, 0.05) is 24.9 Å². The second-order valence-electron chi connectivity index (χ2n) is 8.57. The number of halogens is 1. The number of benzene rings is 2. The molecule has 3 aromatic rings. The van der Waals surface area contributed by atoms with Crippen molar-refractivity contribution in [3.8, 4) is 0 Å². The number of hydrogen-bond acceptors (Lipinski definition) is 6. The third-order valence-electron chi connectivity index (χ3n) is 6.38. The van der Waals surface area contributed by atoms with Crippen LogP contribution in [0.4, 0.5) is 5.13 Å². The van der Waals surface area contributed by atoms with Crippen LogP contribution >= 0.6 is 23.7 Å². The minimum Gasteiger partial charge on any atom is -0.302 e. The number of carbonyl (C=O) groups is 1. The summed E-state index contributed by atoms with van der Waals surface area (Å²) in [5.41, 5.74) is 4.01. The van der Waals surface area contributed by atoms with Gasteiger partial charge in [-0.1, -0.05) is 31.3 Å². The van der Waals surface area contributed by atoms with Gasteiger partial charge in [-0.25, -0.2) is 13.4 Å². The van der Waals surface area contributed by atoms with Crippen LogP contribution in [0.3, 0.4) is 0 Å². The van der Waals surface area contributed by atoms with Gasteiger partial charge in [0.1, 0.15) is 0 Å². The smallest absolute Gasteiger partial charge is 0.260 e. The van der Waals surface area contributed by atoms with Crippen LogP contribution in [0, 0.1) is 0 Å². The summed E-state index contributed by atoms with van der Waals surface area (Å²) in [6.07, 6.45) is 5.67. The number of fused-ring (bicyclic) bond motifs is 2. The zero-order valence-corrected chi connectivity index (χ0v) is 22.4. The monoisotopic (exact) mass is 521 g/mol. The van der Waals surface area contributed by atoms with Crippen LogP contribution in [-0.4, -0.2) is 56.6 Å². The molecule has 34 heavy (non-hydrogen) atoms. The third kappa shape index (κ3) is 5.79. The minimum atomic E-state index is -3.31. The first kappa shape index (κ1) is 26.6. The Morgan fingerprint density at radius 3 is 2.38 bits per heavy atom. The van der Waals surface area contributed by atoms with Crippen LogP contribution in [0.15, 0.2) is 41.3 Å². The van der Waals surface area contributed by atoms with Crippen molar-refractivity contribution in [1.29, 1.82) is 0 Å². The molecule has 1 aromatic heterocycles. The van der Waals surface area contributed by atoms with E-state index in [1.807, 2.05) is 6.07 Å². The van der Waals surface area contributed by atoms with Crippen molar-refractivity contribution >= 4 is 54.8 Å². The molecule has 0 atom stereocenters. The largest absolute Gasteiger partial charge is 0.302 e. The second-order valence-corrected chi connectivity index (χ2v) is 11.6. The average Bonchev–Trinajstić information content (AvgIpc) is 3.23. The number of likely N-dealkylation sites (N-methyl/N-ethyl adjacent to an activating group) is 1. The molecular weight excluding hydrogens is 490 g/mol. The van der Waals surface area contributed by atoms with Crippen LogP contribution < -0.4 is 4.90 Å². The lowest BCUT2D eigenvalue weighted by Crippen LogP contribution is -2.39. The number of hydrogen-bond donors (Lipinski definition) is 0. The highest BCUT2D eigenvalue weighted by atomic mass is 35.5. The van der Waals surface area contributed by atoms with Gasteiger partial charge < -0.3 is 4.90 Å². The molecule has 1 amide bonds. The van der Waals surface area contributed by atoms with Crippen molar-refractivity contribution in [3.05, 3.63) is 53.1 Å². The van der Waals surface area contributed by atoms with Crippen molar-refractivity contribution in [2.24, 2.45) is 0 Å². The molecule has 1 aliphatic rings. The molecule has 6 nitrogen and oxygen atoms in total. The van der Waals surface area contributed by atoms with Gasteiger partial charge in [0.15, 0.2) is 15.0 Å². The van der Waals surface area contributed by atoms with Gasteiger partial charge in [-0.05, 0) is 80.2 Å². The number of carbonyl (C=O) groups excluding carboxylic acids is 1. The first-order valence-corrected chi connectivity index (χ1v) is 14.3. The van der Waals surface area contributed by atoms with Crippen LogP contribution in [0.1, 0.15) is 48.2 Å². The maximum Gasteiger partial charge on any atom is 0.260 e. The fraction of sp³-hybridized carbons (Fsp3) is 0.440. The van der Waals surface area contributed by atoms with E-state index >= 15 is 0 Å². The summed E-state index contributed by atoms with van der Waals surface area (Å²) in [5, 5.41) is 0.602. The molecule has 0 aliphatic heterocycles. The summed E-state index contributed by atoms with van der Waals surface area (Å²) in [6, 6.07) is 11.0. The Morgan fingerprint density at radius 2 is 1.71 bits per heavy atom. The van der Waals surface area contributed by atoms with Gasteiger partial charge in [0.2, 0.25) is 0 Å². The van der Waals surface area contributed by atoms with Gasteiger partial charge in [-0.15, -0.1) is 12.4 Å². The molecule has 184 valence electrons. The van der Waals surface area contributed by atoms with E-state index in [0.29, 0.717) is 22.8 Å². The van der Waals surface area contributed by atoms with E-state index < -0.39 is 9.84 Å². The Morgan fingerprint density at radius 1 is 1.00 bits per heavy atom. The zero-order chi connectivity index (χ0) is 23.6. The van der Waals surface area contributed by atoms with Gasteiger partial charge >= 0.3 is 0 Å². The minimum absolute atomic E-state index is 0. The van der Waals surface area contributed by atoms with E-state index in [4.69, 9.17) is 4.98 Å². The van der Waals surface area contributed by atoms with Crippen molar-refractivity contribution in [2.45, 2.75) is 44.4 Å². The van der Waals surface area contributed by atoms with Gasteiger partial charge in [0.05, 0.1) is 15.1 Å². The molecule has 9 heteroatoms. The molecule has 0 unspecified atom stereocenters. The number of sulfone groups is 1. The number of thiazole rings is 1. The second kappa shape index (κ2) is 11.2. The summed E-state index contributed by atoms with van der Waals surface area (Å²) in [6.45, 7) is 7.32. The topological polar surface area (TPSA) is 70.6 Å². The fourth-order valence-electron chi connectivity index (χ4n) is 4.33. The third-order valence-corrected chi connectivity index (χ3v) is 8.53. The standard InChI is InChI=1S/C25H31N3O3S2.ClH/c1-4-27(5-2)14-15-28(24(29)20-11-10-18-8-6-7-9-19(18)16-20)25-26-22-13-12-21(33(3,30)31)17-23(22)32-25;/h10-13,16-17H,4-9,14-15H2,1-3H3;1H. The highest BCUT2D eigenvalue weighted by Crippen LogP contribution is 2.32. The Labute approximate surface area is 212 Å². The molecule has 0 bridgehead atoms. The summed E-state index contributed by atoms with van der Waals surface area (Å²) < 4.78 is 24.7. The van der Waals surface area contributed by atoms with E-state index in [1.54, 1.807) is 23.1 Å². The lowest BCUT2D eigenvalue weighted by Gasteiger charge is -2.25. The molecule has 1 aliphatic carbocycles. The van der Waals surface area contributed by atoms with Crippen molar-refractivity contribution < 1.29 is 13.2 Å². The molecule has 0 fully saturated rings. The predicted octanol–water partition coefficient (Wildman–Crippen LogP) is 4.99. The first-order valence-electron chi connectivity index (χ1n) is 11.6. The fourth-order valence-corrected chi connectivity index (χ4v) is 6.08. The lowest BCUT2D eigenvalue weighted by atomic mass is 9.90. The molecular formula is C25H32ClN3O3S2. The average molecular weight is 522 g/mol.